The van der Waals surface area contributed by atoms with E-state index in [-0.39, 0.29) is 0 Å². The van der Waals surface area contributed by atoms with Gasteiger partial charge >= 0.3 is 12.1 Å². The van der Waals surface area contributed by atoms with Gasteiger partial charge in [-0.25, -0.2) is 9.59 Å². The predicted molar refractivity (Wildman–Crippen MR) is 135 cm³/mol. The fraction of sp³-hybridized carbons (Fsp3) is 0.481. The van der Waals surface area contributed by atoms with Gasteiger partial charge in [-0.2, -0.15) is 0 Å². The summed E-state index contributed by atoms with van der Waals surface area (Å²) in [4.78, 5) is 25.6. The van der Waals surface area contributed by atoms with Crippen molar-refractivity contribution in [2.24, 2.45) is 5.92 Å². The lowest BCUT2D eigenvalue weighted by atomic mass is 9.76. The van der Waals surface area contributed by atoms with Crippen molar-refractivity contribution in [2.75, 3.05) is 7.11 Å². The van der Waals surface area contributed by atoms with E-state index in [1.807, 2.05) is 44.2 Å². The number of alkyl carbamates (subject to hydrolysis) is 1. The molecule has 2 aromatic rings. The topological polar surface area (TPSA) is 64.6 Å². The van der Waals surface area contributed by atoms with Gasteiger partial charge in [-0.15, -0.1) is 0 Å². The number of hydrogen-bond acceptors (Lipinski definition) is 4. The van der Waals surface area contributed by atoms with Crippen LogP contribution in [0, 0.1) is 5.92 Å². The molecule has 2 aromatic carbocycles. The molecule has 0 spiro atoms. The minimum absolute atomic E-state index is 0.383. The first-order chi connectivity index (χ1) is 16.2. The van der Waals surface area contributed by atoms with Gasteiger partial charge in [0, 0.05) is 15.5 Å². The first-order valence-corrected chi connectivity index (χ1v) is 12.5. The summed E-state index contributed by atoms with van der Waals surface area (Å²) < 4.78 is 11.0. The van der Waals surface area contributed by atoms with Crippen molar-refractivity contribution < 1.29 is 19.1 Å². The van der Waals surface area contributed by atoms with Crippen molar-refractivity contribution in [1.29, 1.82) is 0 Å². The predicted octanol–water partition coefficient (Wildman–Crippen LogP) is 7.25. The molecule has 1 saturated carbocycles. The zero-order valence-electron chi connectivity index (χ0n) is 20.0. The second kappa shape index (κ2) is 11.9. The van der Waals surface area contributed by atoms with Gasteiger partial charge in [-0.3, -0.25) is 0 Å². The van der Waals surface area contributed by atoms with E-state index in [0.717, 1.165) is 36.8 Å². The van der Waals surface area contributed by atoms with E-state index >= 15 is 0 Å². The number of rotatable bonds is 8. The molecule has 1 fully saturated rings. The average Bonchev–Trinajstić information content (AvgIpc) is 2.83. The monoisotopic (exact) mass is 505 g/mol. The standard InChI is InChI=1S/C27H33Cl2NO4/c1-27(2,20-10-7-11-22(29)17-20)24(19-12-14-21(28)15-13-19)34-26(32)30-23(25(31)33-3)16-18-8-5-4-6-9-18/h7,10-15,17-18,23-24H,4-6,8-9,16H2,1-3H3,(H,30,32). The number of methoxy groups -OCH3 is 1. The Labute approximate surface area is 212 Å². The Morgan fingerprint density at radius 1 is 1.03 bits per heavy atom. The second-order valence-electron chi connectivity index (χ2n) is 9.53. The molecule has 2 atom stereocenters. The van der Waals surface area contributed by atoms with Crippen LogP contribution in [0.2, 0.25) is 10.0 Å². The Morgan fingerprint density at radius 2 is 1.71 bits per heavy atom. The lowest BCUT2D eigenvalue weighted by Gasteiger charge is -2.35. The Morgan fingerprint density at radius 3 is 2.32 bits per heavy atom. The minimum atomic E-state index is -0.749. The van der Waals surface area contributed by atoms with Crippen LogP contribution in [0.3, 0.4) is 0 Å². The first kappa shape index (κ1) is 26.4. The maximum absolute atomic E-state index is 13.1. The SMILES string of the molecule is COC(=O)C(CC1CCCCC1)NC(=O)OC(c1ccc(Cl)cc1)C(C)(C)c1cccc(Cl)c1. The van der Waals surface area contributed by atoms with Crippen LogP contribution >= 0.6 is 23.2 Å². The van der Waals surface area contributed by atoms with Crippen LogP contribution in [0.4, 0.5) is 4.79 Å². The summed E-state index contributed by atoms with van der Waals surface area (Å²) in [5.74, 6) is -0.0761. The Balaban J connectivity index is 1.83. The first-order valence-electron chi connectivity index (χ1n) is 11.8. The Kier molecular flexibility index (Phi) is 9.26. The lowest BCUT2D eigenvalue weighted by Crippen LogP contribution is -2.44. The highest BCUT2D eigenvalue weighted by Crippen LogP contribution is 2.41. The number of hydrogen-bond donors (Lipinski definition) is 1. The van der Waals surface area contributed by atoms with Gasteiger partial charge in [0.2, 0.25) is 0 Å². The van der Waals surface area contributed by atoms with Gasteiger partial charge in [0.15, 0.2) is 0 Å². The largest absolute Gasteiger partial charge is 0.467 e. The smallest absolute Gasteiger partial charge is 0.408 e. The van der Waals surface area contributed by atoms with E-state index in [1.54, 1.807) is 18.2 Å². The number of carbonyl (C=O) groups is 2. The molecule has 0 aromatic heterocycles. The molecule has 0 bridgehead atoms. The van der Waals surface area contributed by atoms with Crippen LogP contribution in [-0.4, -0.2) is 25.2 Å². The molecule has 1 amide bonds. The van der Waals surface area contributed by atoms with Crippen molar-refractivity contribution in [1.82, 2.24) is 5.32 Å². The number of halogens is 2. The quantitative estimate of drug-likeness (QED) is 0.383. The number of esters is 1. The Hall–Kier alpha value is -2.24. The molecule has 3 rings (SSSR count). The minimum Gasteiger partial charge on any atom is -0.467 e. The van der Waals surface area contributed by atoms with Crippen LogP contribution in [0.25, 0.3) is 0 Å². The number of ether oxygens (including phenoxy) is 2. The summed E-state index contributed by atoms with van der Waals surface area (Å²) in [7, 11) is 1.34. The maximum atomic E-state index is 13.1. The molecule has 1 N–H and O–H groups in total. The molecular formula is C27H33Cl2NO4. The summed E-state index contributed by atoms with van der Waals surface area (Å²) in [6.07, 6.45) is 4.85. The van der Waals surface area contributed by atoms with Crippen molar-refractivity contribution >= 4 is 35.3 Å². The van der Waals surface area contributed by atoms with Gasteiger partial charge in [-0.1, -0.05) is 93.4 Å². The van der Waals surface area contributed by atoms with Crippen LogP contribution < -0.4 is 5.32 Å². The molecule has 34 heavy (non-hydrogen) atoms. The third kappa shape index (κ3) is 6.89. The van der Waals surface area contributed by atoms with E-state index in [1.165, 1.54) is 13.5 Å². The van der Waals surface area contributed by atoms with Crippen molar-refractivity contribution in [3.05, 3.63) is 69.7 Å². The summed E-state index contributed by atoms with van der Waals surface area (Å²) in [6, 6.07) is 14.0. The molecule has 0 radical (unpaired) electrons. The van der Waals surface area contributed by atoms with Crippen molar-refractivity contribution in [3.8, 4) is 0 Å². The fourth-order valence-electron chi connectivity index (χ4n) is 4.71. The highest BCUT2D eigenvalue weighted by Gasteiger charge is 2.37. The third-order valence-corrected chi connectivity index (χ3v) is 7.18. The van der Waals surface area contributed by atoms with E-state index in [9.17, 15) is 9.59 Å². The van der Waals surface area contributed by atoms with E-state index < -0.39 is 29.6 Å². The molecule has 0 saturated heterocycles. The third-order valence-electron chi connectivity index (χ3n) is 6.69. The number of carbonyl (C=O) groups excluding carboxylic acids is 2. The number of benzene rings is 2. The molecule has 2 unspecified atom stereocenters. The summed E-state index contributed by atoms with van der Waals surface area (Å²) in [5, 5.41) is 3.96. The molecule has 5 nitrogen and oxygen atoms in total. The normalized spacial score (nSPS) is 16.4. The molecule has 1 aliphatic carbocycles. The number of nitrogens with one attached hydrogen (secondary N) is 1. The van der Waals surface area contributed by atoms with E-state index in [2.05, 4.69) is 5.32 Å². The van der Waals surface area contributed by atoms with Crippen LogP contribution in [0.15, 0.2) is 48.5 Å². The summed E-state index contributed by atoms with van der Waals surface area (Å²) >= 11 is 12.3. The van der Waals surface area contributed by atoms with Gasteiger partial charge < -0.3 is 14.8 Å². The Bertz CT molecular complexity index is 971. The molecule has 184 valence electrons. The zero-order chi connectivity index (χ0) is 24.7. The van der Waals surface area contributed by atoms with Gasteiger partial charge in [0.1, 0.15) is 12.1 Å². The van der Waals surface area contributed by atoms with Crippen LogP contribution in [-0.2, 0) is 19.7 Å². The van der Waals surface area contributed by atoms with Gasteiger partial charge in [0.05, 0.1) is 7.11 Å². The zero-order valence-corrected chi connectivity index (χ0v) is 21.5. The fourth-order valence-corrected chi connectivity index (χ4v) is 5.02. The summed E-state index contributed by atoms with van der Waals surface area (Å²) in [5.41, 5.74) is 1.08. The summed E-state index contributed by atoms with van der Waals surface area (Å²) in [6.45, 7) is 3.98. The lowest BCUT2D eigenvalue weighted by molar-refractivity contribution is -0.143. The van der Waals surface area contributed by atoms with Gasteiger partial charge in [0.25, 0.3) is 0 Å². The number of amides is 1. The van der Waals surface area contributed by atoms with E-state index in [0.29, 0.717) is 22.4 Å². The highest BCUT2D eigenvalue weighted by molar-refractivity contribution is 6.30. The van der Waals surface area contributed by atoms with Crippen molar-refractivity contribution in [3.63, 3.8) is 0 Å². The second-order valence-corrected chi connectivity index (χ2v) is 10.4. The molecule has 7 heteroatoms. The van der Waals surface area contributed by atoms with Crippen LogP contribution in [0.1, 0.15) is 69.6 Å². The molecule has 0 aliphatic heterocycles. The van der Waals surface area contributed by atoms with Crippen molar-refractivity contribution in [2.45, 2.75) is 69.9 Å². The average molecular weight is 506 g/mol. The van der Waals surface area contributed by atoms with Gasteiger partial charge in [-0.05, 0) is 47.7 Å². The van der Waals surface area contributed by atoms with Crippen LogP contribution in [0.5, 0.6) is 0 Å². The molecular weight excluding hydrogens is 473 g/mol. The van der Waals surface area contributed by atoms with E-state index in [4.69, 9.17) is 32.7 Å². The molecule has 1 aliphatic rings. The highest BCUT2D eigenvalue weighted by atomic mass is 35.5. The maximum Gasteiger partial charge on any atom is 0.408 e. The molecule has 0 heterocycles.